The van der Waals surface area contributed by atoms with Crippen LogP contribution in [0.3, 0.4) is 0 Å². The smallest absolute Gasteiger partial charge is 0.294 e. The number of nitro benzene ring substituents is 2. The highest BCUT2D eigenvalue weighted by Crippen LogP contribution is 2.33. The van der Waals surface area contributed by atoms with Gasteiger partial charge in [0.2, 0.25) is 9.84 Å². The molecule has 0 saturated heterocycles. The van der Waals surface area contributed by atoms with Gasteiger partial charge in [-0.15, -0.1) is 11.3 Å². The maximum atomic E-state index is 12.7. The first kappa shape index (κ1) is 18.4. The van der Waals surface area contributed by atoms with Crippen molar-refractivity contribution in [2.24, 2.45) is 0 Å². The molecule has 0 aliphatic rings. The molecule has 1 aromatic heterocycles. The number of non-ortho nitro benzene ring substituents is 1. The first-order chi connectivity index (χ1) is 12.8. The number of benzene rings is 2. The van der Waals surface area contributed by atoms with Gasteiger partial charge in [-0.2, -0.15) is 0 Å². The highest BCUT2D eigenvalue weighted by molar-refractivity contribution is 7.91. The van der Waals surface area contributed by atoms with Crippen molar-refractivity contribution < 1.29 is 18.3 Å². The molecule has 1 heterocycles. The number of nitro groups is 2. The lowest BCUT2D eigenvalue weighted by molar-refractivity contribution is -0.385. The van der Waals surface area contributed by atoms with Gasteiger partial charge in [0, 0.05) is 29.8 Å². The van der Waals surface area contributed by atoms with Crippen LogP contribution in [0.4, 0.5) is 22.2 Å². The number of anilines is 2. The number of sulfone groups is 1. The Bertz CT molecular complexity index is 1130. The molecule has 27 heavy (non-hydrogen) atoms. The molecule has 0 amide bonds. The van der Waals surface area contributed by atoms with Gasteiger partial charge in [-0.05, 0) is 18.2 Å². The van der Waals surface area contributed by atoms with Crippen molar-refractivity contribution in [2.75, 3.05) is 5.32 Å². The summed E-state index contributed by atoms with van der Waals surface area (Å²) < 4.78 is 25.5. The van der Waals surface area contributed by atoms with Gasteiger partial charge in [0.25, 0.3) is 11.4 Å². The molecule has 1 N–H and O–H groups in total. The standard InChI is InChI=1S/C15H10N4O6S2/c20-18(21)10-2-1-3-11(8-10)27(24,25)12-4-5-13(14(9-12)19(22)23)17-15-16-6-7-26-15/h1-9H,(H,16,17). The van der Waals surface area contributed by atoms with Crippen molar-refractivity contribution in [3.05, 3.63) is 74.3 Å². The monoisotopic (exact) mass is 406 g/mol. The third-order valence-electron chi connectivity index (χ3n) is 3.49. The van der Waals surface area contributed by atoms with E-state index in [0.717, 1.165) is 18.2 Å². The molecule has 3 aromatic rings. The third kappa shape index (κ3) is 3.75. The van der Waals surface area contributed by atoms with Gasteiger partial charge in [0.15, 0.2) is 5.13 Å². The predicted octanol–water partition coefficient (Wildman–Crippen LogP) is 3.54. The fraction of sp³-hybridized carbons (Fsp3) is 0. The van der Waals surface area contributed by atoms with E-state index in [1.807, 2.05) is 0 Å². The Morgan fingerprint density at radius 2 is 1.74 bits per heavy atom. The SMILES string of the molecule is O=[N+]([O-])c1cccc(S(=O)(=O)c2ccc(Nc3nccs3)c([N+](=O)[O-])c2)c1. The molecular weight excluding hydrogens is 396 g/mol. The van der Waals surface area contributed by atoms with Crippen LogP contribution in [0.2, 0.25) is 0 Å². The molecule has 0 atom stereocenters. The first-order valence-electron chi connectivity index (χ1n) is 7.23. The Morgan fingerprint density at radius 3 is 2.37 bits per heavy atom. The fourth-order valence-electron chi connectivity index (χ4n) is 2.24. The molecule has 0 aliphatic heterocycles. The van der Waals surface area contributed by atoms with E-state index in [4.69, 9.17) is 0 Å². The minimum atomic E-state index is -4.18. The summed E-state index contributed by atoms with van der Waals surface area (Å²) in [6, 6.07) is 7.84. The summed E-state index contributed by atoms with van der Waals surface area (Å²) in [4.78, 5) is 24.1. The number of nitrogens with one attached hydrogen (secondary N) is 1. The highest BCUT2D eigenvalue weighted by atomic mass is 32.2. The average molecular weight is 406 g/mol. The first-order valence-corrected chi connectivity index (χ1v) is 9.60. The number of aromatic nitrogens is 1. The van der Waals surface area contributed by atoms with Gasteiger partial charge in [-0.3, -0.25) is 20.2 Å². The second-order valence-corrected chi connectivity index (χ2v) is 8.00. The Kier molecular flexibility index (Phi) is 4.83. The van der Waals surface area contributed by atoms with E-state index in [-0.39, 0.29) is 15.5 Å². The van der Waals surface area contributed by atoms with Crippen molar-refractivity contribution in [3.8, 4) is 0 Å². The summed E-state index contributed by atoms with van der Waals surface area (Å²) in [5.41, 5.74) is -0.780. The topological polar surface area (TPSA) is 145 Å². The largest absolute Gasteiger partial charge is 0.326 e. The Hall–Kier alpha value is -3.38. The number of rotatable bonds is 6. The molecule has 0 bridgehead atoms. The van der Waals surface area contributed by atoms with Crippen LogP contribution in [0.15, 0.2) is 63.8 Å². The third-order valence-corrected chi connectivity index (χ3v) is 5.93. The zero-order valence-corrected chi connectivity index (χ0v) is 14.9. The van der Waals surface area contributed by atoms with E-state index in [9.17, 15) is 28.6 Å². The summed E-state index contributed by atoms with van der Waals surface area (Å²) in [7, 11) is -4.18. The Morgan fingerprint density at radius 1 is 1.00 bits per heavy atom. The van der Waals surface area contributed by atoms with Gasteiger partial charge >= 0.3 is 0 Å². The van der Waals surface area contributed by atoms with Gasteiger partial charge in [-0.25, -0.2) is 13.4 Å². The molecule has 12 heteroatoms. The number of thiazole rings is 1. The van der Waals surface area contributed by atoms with Crippen LogP contribution in [-0.2, 0) is 9.84 Å². The second kappa shape index (κ2) is 7.09. The maximum absolute atomic E-state index is 12.7. The maximum Gasteiger partial charge on any atom is 0.294 e. The number of hydrogen-bond donors (Lipinski definition) is 1. The highest BCUT2D eigenvalue weighted by Gasteiger charge is 2.25. The average Bonchev–Trinajstić information content (AvgIpc) is 3.15. The van der Waals surface area contributed by atoms with Crippen LogP contribution in [-0.4, -0.2) is 23.2 Å². The fourth-order valence-corrected chi connectivity index (χ4v) is 4.10. The van der Waals surface area contributed by atoms with Crippen LogP contribution in [0.1, 0.15) is 0 Å². The van der Waals surface area contributed by atoms with E-state index in [2.05, 4.69) is 10.3 Å². The van der Waals surface area contributed by atoms with Crippen molar-refractivity contribution in [1.29, 1.82) is 0 Å². The summed E-state index contributed by atoms with van der Waals surface area (Å²) in [5, 5.41) is 27.1. The molecule has 2 aromatic carbocycles. The summed E-state index contributed by atoms with van der Waals surface area (Å²) in [6.45, 7) is 0. The minimum Gasteiger partial charge on any atom is -0.326 e. The Labute approximate surface area is 156 Å². The number of hydrogen-bond acceptors (Lipinski definition) is 9. The van der Waals surface area contributed by atoms with Gasteiger partial charge in [0.1, 0.15) is 5.69 Å². The van der Waals surface area contributed by atoms with Crippen LogP contribution >= 0.6 is 11.3 Å². The summed E-state index contributed by atoms with van der Waals surface area (Å²) in [5.74, 6) is 0. The molecule has 0 saturated carbocycles. The second-order valence-electron chi connectivity index (χ2n) is 5.16. The quantitative estimate of drug-likeness (QED) is 0.483. The molecule has 10 nitrogen and oxygen atoms in total. The number of nitrogens with zero attached hydrogens (tertiary/aromatic N) is 3. The molecule has 0 unspecified atom stereocenters. The summed E-state index contributed by atoms with van der Waals surface area (Å²) in [6.07, 6.45) is 1.51. The minimum absolute atomic E-state index is 0.0768. The molecule has 0 aliphatic carbocycles. The lowest BCUT2D eigenvalue weighted by Gasteiger charge is -2.08. The van der Waals surface area contributed by atoms with E-state index >= 15 is 0 Å². The predicted molar refractivity (Wildman–Crippen MR) is 97.0 cm³/mol. The van der Waals surface area contributed by atoms with Crippen molar-refractivity contribution >= 4 is 43.4 Å². The molecule has 138 valence electrons. The van der Waals surface area contributed by atoms with E-state index in [1.165, 1.54) is 41.8 Å². The van der Waals surface area contributed by atoms with Gasteiger partial charge in [-0.1, -0.05) is 6.07 Å². The van der Waals surface area contributed by atoms with E-state index < -0.39 is 31.1 Å². The van der Waals surface area contributed by atoms with Crippen molar-refractivity contribution in [2.45, 2.75) is 9.79 Å². The van der Waals surface area contributed by atoms with Crippen LogP contribution in [0.25, 0.3) is 0 Å². The van der Waals surface area contributed by atoms with Gasteiger partial charge < -0.3 is 5.32 Å². The lowest BCUT2D eigenvalue weighted by atomic mass is 10.2. The van der Waals surface area contributed by atoms with Crippen LogP contribution < -0.4 is 5.32 Å². The summed E-state index contributed by atoms with van der Waals surface area (Å²) >= 11 is 1.22. The zero-order chi connectivity index (χ0) is 19.6. The van der Waals surface area contributed by atoms with Crippen molar-refractivity contribution in [1.82, 2.24) is 4.98 Å². The molecule has 0 spiro atoms. The molecule has 0 radical (unpaired) electrons. The van der Waals surface area contributed by atoms with E-state index in [0.29, 0.717) is 5.13 Å². The van der Waals surface area contributed by atoms with Crippen LogP contribution in [0.5, 0.6) is 0 Å². The molecular formula is C15H10N4O6S2. The zero-order valence-electron chi connectivity index (χ0n) is 13.3. The van der Waals surface area contributed by atoms with Gasteiger partial charge in [0.05, 0.1) is 19.6 Å². The Balaban J connectivity index is 2.06. The molecule has 0 fully saturated rings. The lowest BCUT2D eigenvalue weighted by Crippen LogP contribution is -2.05. The molecule has 3 rings (SSSR count). The van der Waals surface area contributed by atoms with Crippen LogP contribution in [0, 0.1) is 20.2 Å². The normalized spacial score (nSPS) is 11.1. The van der Waals surface area contributed by atoms with E-state index in [1.54, 1.807) is 5.38 Å². The van der Waals surface area contributed by atoms with Crippen molar-refractivity contribution in [3.63, 3.8) is 0 Å².